The van der Waals surface area contributed by atoms with Crippen molar-refractivity contribution in [2.75, 3.05) is 20.3 Å². The molecule has 0 aliphatic heterocycles. The molecule has 3 N–H and O–H groups in total. The predicted molar refractivity (Wildman–Crippen MR) is 82.7 cm³/mol. The molecule has 1 aromatic carbocycles. The normalized spacial score (nSPS) is 13.2. The number of ether oxygens (including phenoxy) is 1. The van der Waals surface area contributed by atoms with Crippen molar-refractivity contribution in [3.05, 3.63) is 29.8 Å². The van der Waals surface area contributed by atoms with Gasteiger partial charge in [0.25, 0.3) is 0 Å². The number of rotatable bonds is 9. The Morgan fingerprint density at radius 1 is 1.31 bits per heavy atom. The standard InChI is InChI=1S/C14H17F3N2O6S/c1-25-6-5-11(13(21)22)19-12(20)8-18-26(23,24)10-4-2-3-9(7-10)14(15,16)17/h2-4,7,11,18H,5-6,8H2,1H3,(H,19,20)(H,21,22). The fourth-order valence-electron chi connectivity index (χ4n) is 1.82. The van der Waals surface area contributed by atoms with Crippen LogP contribution in [0.5, 0.6) is 0 Å². The van der Waals surface area contributed by atoms with E-state index in [4.69, 9.17) is 9.84 Å². The average Bonchev–Trinajstić information content (AvgIpc) is 2.56. The van der Waals surface area contributed by atoms with Crippen molar-refractivity contribution in [1.82, 2.24) is 10.0 Å². The number of aliphatic carboxylic acids is 1. The number of sulfonamides is 1. The first-order chi connectivity index (χ1) is 12.0. The van der Waals surface area contributed by atoms with Gasteiger partial charge in [-0.1, -0.05) is 6.07 Å². The smallest absolute Gasteiger partial charge is 0.416 e. The minimum Gasteiger partial charge on any atom is -0.480 e. The zero-order valence-corrected chi connectivity index (χ0v) is 14.4. The van der Waals surface area contributed by atoms with Crippen molar-refractivity contribution in [2.45, 2.75) is 23.5 Å². The van der Waals surface area contributed by atoms with Crippen LogP contribution < -0.4 is 10.0 Å². The van der Waals surface area contributed by atoms with Crippen molar-refractivity contribution in [3.8, 4) is 0 Å². The van der Waals surface area contributed by atoms with E-state index in [0.717, 1.165) is 12.1 Å². The lowest BCUT2D eigenvalue weighted by Gasteiger charge is -2.14. The van der Waals surface area contributed by atoms with E-state index in [1.165, 1.54) is 7.11 Å². The summed E-state index contributed by atoms with van der Waals surface area (Å²) in [5, 5.41) is 11.0. The molecular formula is C14H17F3N2O6S. The Bertz CT molecular complexity index is 751. The second-order valence-electron chi connectivity index (χ2n) is 5.09. The molecule has 1 amide bonds. The van der Waals surface area contributed by atoms with Crippen LogP contribution in [-0.2, 0) is 30.5 Å². The summed E-state index contributed by atoms with van der Waals surface area (Å²) >= 11 is 0. The molecule has 0 saturated carbocycles. The first-order valence-corrected chi connectivity index (χ1v) is 8.63. The number of carbonyl (C=O) groups is 2. The SMILES string of the molecule is COCCC(NC(=O)CNS(=O)(=O)c1cccc(C(F)(F)F)c1)C(=O)O. The van der Waals surface area contributed by atoms with Crippen LogP contribution in [0, 0.1) is 0 Å². The molecule has 0 bridgehead atoms. The number of carboxylic acid groups (broad SMARTS) is 1. The first kappa shape index (κ1) is 21.9. The Hall–Kier alpha value is -2.18. The van der Waals surface area contributed by atoms with Gasteiger partial charge in [-0.25, -0.2) is 17.9 Å². The molecular weight excluding hydrogens is 381 g/mol. The molecule has 12 heteroatoms. The molecule has 26 heavy (non-hydrogen) atoms. The van der Waals surface area contributed by atoms with Crippen LogP contribution in [0.25, 0.3) is 0 Å². The Morgan fingerprint density at radius 3 is 2.50 bits per heavy atom. The number of hydrogen-bond acceptors (Lipinski definition) is 5. The number of halogens is 3. The van der Waals surface area contributed by atoms with Gasteiger partial charge < -0.3 is 15.2 Å². The summed E-state index contributed by atoms with van der Waals surface area (Å²) in [6.07, 6.45) is -4.77. The number of carbonyl (C=O) groups excluding carboxylic acids is 1. The zero-order valence-electron chi connectivity index (χ0n) is 13.5. The lowest BCUT2D eigenvalue weighted by atomic mass is 10.2. The van der Waals surface area contributed by atoms with E-state index in [-0.39, 0.29) is 13.0 Å². The highest BCUT2D eigenvalue weighted by Crippen LogP contribution is 2.30. The van der Waals surface area contributed by atoms with Gasteiger partial charge in [0.2, 0.25) is 15.9 Å². The van der Waals surface area contributed by atoms with Gasteiger partial charge in [0.15, 0.2) is 0 Å². The molecule has 0 fully saturated rings. The highest BCUT2D eigenvalue weighted by molar-refractivity contribution is 7.89. The number of carboxylic acids is 1. The van der Waals surface area contributed by atoms with Gasteiger partial charge in [-0.2, -0.15) is 13.2 Å². The maximum atomic E-state index is 12.6. The Morgan fingerprint density at radius 2 is 1.96 bits per heavy atom. The van der Waals surface area contributed by atoms with E-state index in [2.05, 4.69) is 5.32 Å². The van der Waals surface area contributed by atoms with Gasteiger partial charge in [-0.05, 0) is 18.2 Å². The third-order valence-corrected chi connectivity index (χ3v) is 4.54. The highest BCUT2D eigenvalue weighted by Gasteiger charge is 2.31. The fourth-order valence-corrected chi connectivity index (χ4v) is 2.85. The Balaban J connectivity index is 2.76. The molecule has 1 rings (SSSR count). The van der Waals surface area contributed by atoms with Gasteiger partial charge in [-0.15, -0.1) is 0 Å². The topological polar surface area (TPSA) is 122 Å². The van der Waals surface area contributed by atoms with Crippen molar-refractivity contribution in [3.63, 3.8) is 0 Å². The largest absolute Gasteiger partial charge is 0.480 e. The second kappa shape index (κ2) is 8.96. The third-order valence-electron chi connectivity index (χ3n) is 3.14. The molecule has 0 radical (unpaired) electrons. The zero-order chi connectivity index (χ0) is 20.0. The molecule has 1 unspecified atom stereocenters. The minimum absolute atomic E-state index is 0.0437. The molecule has 0 aliphatic carbocycles. The number of alkyl halides is 3. The lowest BCUT2D eigenvalue weighted by Crippen LogP contribution is -2.46. The summed E-state index contributed by atoms with van der Waals surface area (Å²) in [4.78, 5) is 22.0. The maximum Gasteiger partial charge on any atom is 0.416 e. The number of hydrogen-bond donors (Lipinski definition) is 3. The number of amides is 1. The summed E-state index contributed by atoms with van der Waals surface area (Å²) in [5.74, 6) is -2.29. The van der Waals surface area contributed by atoms with Gasteiger partial charge in [0.1, 0.15) is 6.04 Å². The van der Waals surface area contributed by atoms with Crippen LogP contribution in [-0.4, -0.2) is 51.7 Å². The average molecular weight is 398 g/mol. The minimum atomic E-state index is -4.72. The molecule has 0 aliphatic rings. The van der Waals surface area contributed by atoms with E-state index < -0.39 is 51.1 Å². The van der Waals surface area contributed by atoms with Crippen LogP contribution in [0.4, 0.5) is 13.2 Å². The Kier molecular flexibility index (Phi) is 7.54. The van der Waals surface area contributed by atoms with Crippen molar-refractivity contribution in [1.29, 1.82) is 0 Å². The summed E-state index contributed by atoms with van der Waals surface area (Å²) in [5.41, 5.74) is -1.16. The first-order valence-electron chi connectivity index (χ1n) is 7.15. The second-order valence-corrected chi connectivity index (χ2v) is 6.86. The molecule has 1 atom stereocenters. The van der Waals surface area contributed by atoms with E-state index in [0.29, 0.717) is 12.1 Å². The van der Waals surface area contributed by atoms with Crippen LogP contribution >= 0.6 is 0 Å². The van der Waals surface area contributed by atoms with E-state index in [1.807, 2.05) is 4.72 Å². The molecule has 146 valence electrons. The van der Waals surface area contributed by atoms with E-state index >= 15 is 0 Å². The molecule has 0 heterocycles. The quantitative estimate of drug-likeness (QED) is 0.560. The number of methoxy groups -OCH3 is 1. The lowest BCUT2D eigenvalue weighted by molar-refractivity contribution is -0.142. The van der Waals surface area contributed by atoms with Gasteiger partial charge in [0.05, 0.1) is 17.0 Å². The number of nitrogens with one attached hydrogen (secondary N) is 2. The summed E-state index contributed by atoms with van der Waals surface area (Å²) < 4.78 is 68.5. The highest BCUT2D eigenvalue weighted by atomic mass is 32.2. The number of benzene rings is 1. The van der Waals surface area contributed by atoms with Gasteiger partial charge in [0, 0.05) is 20.1 Å². The van der Waals surface area contributed by atoms with Crippen LogP contribution in [0.3, 0.4) is 0 Å². The van der Waals surface area contributed by atoms with Crippen molar-refractivity contribution < 1.29 is 41.0 Å². The van der Waals surface area contributed by atoms with Crippen LogP contribution in [0.1, 0.15) is 12.0 Å². The molecule has 0 spiro atoms. The summed E-state index contributed by atoms with van der Waals surface area (Å²) in [7, 11) is -3.06. The van der Waals surface area contributed by atoms with Crippen LogP contribution in [0.15, 0.2) is 29.2 Å². The molecule has 0 aromatic heterocycles. The van der Waals surface area contributed by atoms with Gasteiger partial charge >= 0.3 is 12.1 Å². The summed E-state index contributed by atoms with van der Waals surface area (Å²) in [6.45, 7) is -0.789. The fraction of sp³-hybridized carbons (Fsp3) is 0.429. The summed E-state index contributed by atoms with van der Waals surface area (Å²) in [6, 6.07) is 1.70. The maximum absolute atomic E-state index is 12.6. The van der Waals surface area contributed by atoms with Crippen molar-refractivity contribution in [2.24, 2.45) is 0 Å². The Labute approximate surface area is 147 Å². The van der Waals surface area contributed by atoms with Gasteiger partial charge in [-0.3, -0.25) is 4.79 Å². The van der Waals surface area contributed by atoms with Crippen LogP contribution in [0.2, 0.25) is 0 Å². The molecule has 1 aromatic rings. The van der Waals surface area contributed by atoms with E-state index in [9.17, 15) is 31.2 Å². The van der Waals surface area contributed by atoms with Crippen molar-refractivity contribution >= 4 is 21.9 Å². The van der Waals surface area contributed by atoms with E-state index in [1.54, 1.807) is 0 Å². The molecule has 8 nitrogen and oxygen atoms in total. The predicted octanol–water partition coefficient (Wildman–Crippen LogP) is 0.590. The third kappa shape index (κ3) is 6.61. The monoisotopic (exact) mass is 398 g/mol. The molecule has 0 saturated heterocycles.